The summed E-state index contributed by atoms with van der Waals surface area (Å²) in [6, 6.07) is 1.12. The summed E-state index contributed by atoms with van der Waals surface area (Å²) >= 11 is 6.22. The van der Waals surface area contributed by atoms with Crippen LogP contribution in [-0.4, -0.2) is 66.0 Å². The van der Waals surface area contributed by atoms with Crippen LogP contribution >= 0.6 is 11.6 Å². The van der Waals surface area contributed by atoms with Gasteiger partial charge >= 0.3 is 11.9 Å². The highest BCUT2D eigenvalue weighted by atomic mass is 35.5. The van der Waals surface area contributed by atoms with Crippen LogP contribution in [0.2, 0.25) is 5.02 Å². The number of amidine groups is 1. The highest BCUT2D eigenvalue weighted by Gasteiger charge is 2.47. The van der Waals surface area contributed by atoms with E-state index in [1.807, 2.05) is 0 Å². The lowest BCUT2D eigenvalue weighted by Gasteiger charge is -2.40. The molecule has 1 saturated carbocycles. The molecular formula is C32H35ClF4N4O6S. The topological polar surface area (TPSA) is 127 Å². The zero-order valence-corrected chi connectivity index (χ0v) is 28.2. The average molecular weight is 715 g/mol. The van der Waals surface area contributed by atoms with E-state index in [0.29, 0.717) is 6.07 Å². The molecule has 1 unspecified atom stereocenters. The van der Waals surface area contributed by atoms with Gasteiger partial charge in [-0.1, -0.05) is 17.7 Å². The molecule has 1 N–H and O–H groups in total. The molecule has 0 bridgehead atoms. The van der Waals surface area contributed by atoms with E-state index >= 15 is 0 Å². The molecule has 1 aliphatic carbocycles. The largest absolute Gasteiger partial charge is 0.463 e. The summed E-state index contributed by atoms with van der Waals surface area (Å²) in [4.78, 5) is 34.1. The standard InChI is InChI=1S/C32H35ClF4N4O6S/c1-5-46-31(43)23-26(16-8-10-41(11-9-16)48(44,45)19-12-17(13-19)30(42)47-32(2,3)4)39-29(28-22(36)14-18(34)15-38-28)40-27(23)20-6-7-21(35)25(37)24(20)33/h6-7,14-17,19,27H,5,8-13H2,1-4H3,(H,39,40). The van der Waals surface area contributed by atoms with Crippen LogP contribution in [0.1, 0.15) is 70.7 Å². The van der Waals surface area contributed by atoms with E-state index < -0.39 is 84.7 Å². The number of allylic oxidation sites excluding steroid dienone is 1. The number of hydrogen-bond acceptors (Lipinski definition) is 9. The fraction of sp³-hybridized carbons (Fsp3) is 0.500. The van der Waals surface area contributed by atoms with Crippen LogP contribution in [0.3, 0.4) is 0 Å². The van der Waals surface area contributed by atoms with Gasteiger partial charge in [-0.25, -0.2) is 40.1 Å². The molecule has 2 aliphatic heterocycles. The number of carbonyl (C=O) groups excluding carboxylic acids is 2. The van der Waals surface area contributed by atoms with Crippen LogP contribution in [-0.2, 0) is 29.1 Å². The molecule has 48 heavy (non-hydrogen) atoms. The molecule has 10 nitrogen and oxygen atoms in total. The van der Waals surface area contributed by atoms with Crippen molar-refractivity contribution in [2.75, 3.05) is 19.7 Å². The third-order valence-corrected chi connectivity index (χ3v) is 11.1. The summed E-state index contributed by atoms with van der Waals surface area (Å²) in [6.45, 7) is 6.83. The van der Waals surface area contributed by atoms with Crippen molar-refractivity contribution in [3.05, 3.63) is 75.2 Å². The second-order valence-electron chi connectivity index (χ2n) is 12.8. The summed E-state index contributed by atoms with van der Waals surface area (Å²) in [5.74, 6) is -7.26. The van der Waals surface area contributed by atoms with E-state index in [9.17, 15) is 35.6 Å². The van der Waals surface area contributed by atoms with E-state index in [0.717, 1.165) is 18.3 Å². The molecule has 0 spiro atoms. The Bertz CT molecular complexity index is 1780. The van der Waals surface area contributed by atoms with E-state index in [2.05, 4.69) is 15.3 Å². The maximum Gasteiger partial charge on any atom is 0.338 e. The first-order chi connectivity index (χ1) is 22.5. The first-order valence-corrected chi connectivity index (χ1v) is 17.3. The normalized spacial score (nSPS) is 22.4. The highest BCUT2D eigenvalue weighted by Crippen LogP contribution is 2.42. The fourth-order valence-corrected chi connectivity index (χ4v) is 8.35. The molecule has 3 heterocycles. The van der Waals surface area contributed by atoms with Crippen LogP contribution < -0.4 is 5.32 Å². The maximum atomic E-state index is 15.0. The zero-order chi connectivity index (χ0) is 35.1. The first kappa shape index (κ1) is 35.7. The maximum absolute atomic E-state index is 15.0. The summed E-state index contributed by atoms with van der Waals surface area (Å²) in [7, 11) is -3.78. The molecule has 2 aromatic rings. The molecule has 0 radical (unpaired) electrons. The Hall–Kier alpha value is -3.56. The van der Waals surface area contributed by atoms with Gasteiger partial charge in [-0.3, -0.25) is 9.79 Å². The van der Waals surface area contributed by atoms with Crippen molar-refractivity contribution < 1.29 is 45.0 Å². The molecule has 1 aromatic carbocycles. The van der Waals surface area contributed by atoms with Crippen molar-refractivity contribution in [3.8, 4) is 0 Å². The Labute approximate surface area is 280 Å². The number of esters is 2. The minimum atomic E-state index is -3.78. The number of aliphatic imine (C=N–C) groups is 1. The van der Waals surface area contributed by atoms with E-state index in [1.54, 1.807) is 27.7 Å². The van der Waals surface area contributed by atoms with Gasteiger partial charge in [-0.15, -0.1) is 0 Å². The van der Waals surface area contributed by atoms with Crippen LogP contribution in [0.25, 0.3) is 0 Å². The lowest BCUT2D eigenvalue weighted by Crippen LogP contribution is -2.50. The predicted molar refractivity (Wildman–Crippen MR) is 167 cm³/mol. The summed E-state index contributed by atoms with van der Waals surface area (Å²) in [5, 5.41) is 1.53. The highest BCUT2D eigenvalue weighted by molar-refractivity contribution is 7.89. The van der Waals surface area contributed by atoms with Gasteiger partial charge in [0.05, 0.1) is 34.6 Å². The van der Waals surface area contributed by atoms with Crippen LogP contribution in [0.15, 0.2) is 40.7 Å². The number of nitrogens with zero attached hydrogens (tertiary/aromatic N) is 3. The number of benzene rings is 1. The number of ether oxygens (including phenoxy) is 2. The minimum absolute atomic E-state index is 0.0497. The van der Waals surface area contributed by atoms with Crippen molar-refractivity contribution in [3.63, 3.8) is 0 Å². The number of halogens is 5. The second-order valence-corrected chi connectivity index (χ2v) is 15.4. The SMILES string of the molecule is CCOC(=O)C1=C(C2CCN(S(=O)(=O)C3CC(C(=O)OC(C)(C)C)C3)CC2)NC(c2ncc(F)cc2F)=NC1c1ccc(F)c(F)c1Cl. The third-order valence-electron chi connectivity index (χ3n) is 8.44. The van der Waals surface area contributed by atoms with Crippen molar-refractivity contribution in [1.82, 2.24) is 14.6 Å². The van der Waals surface area contributed by atoms with E-state index in [1.165, 1.54) is 4.31 Å². The minimum Gasteiger partial charge on any atom is -0.463 e. The Balaban J connectivity index is 1.46. The van der Waals surface area contributed by atoms with Gasteiger partial charge in [0, 0.05) is 36.3 Å². The Kier molecular flexibility index (Phi) is 10.2. The van der Waals surface area contributed by atoms with Gasteiger partial charge in [-0.2, -0.15) is 0 Å². The number of carbonyl (C=O) groups is 2. The molecule has 16 heteroatoms. The smallest absolute Gasteiger partial charge is 0.338 e. The Morgan fingerprint density at radius 1 is 1.08 bits per heavy atom. The van der Waals surface area contributed by atoms with E-state index in [4.69, 9.17) is 21.1 Å². The van der Waals surface area contributed by atoms with Crippen LogP contribution in [0, 0.1) is 35.1 Å². The van der Waals surface area contributed by atoms with Crippen molar-refractivity contribution in [1.29, 1.82) is 0 Å². The van der Waals surface area contributed by atoms with Gasteiger partial charge < -0.3 is 14.8 Å². The number of nitrogens with one attached hydrogen (secondary N) is 1. The third kappa shape index (κ3) is 7.22. The van der Waals surface area contributed by atoms with Gasteiger partial charge in [0.25, 0.3) is 0 Å². The lowest BCUT2D eigenvalue weighted by atomic mass is 9.85. The number of sulfonamides is 1. The number of rotatable bonds is 8. The monoisotopic (exact) mass is 714 g/mol. The number of pyridine rings is 1. The fourth-order valence-electron chi connectivity index (χ4n) is 6.00. The summed E-state index contributed by atoms with van der Waals surface area (Å²) in [6.07, 6.45) is 1.44. The quantitative estimate of drug-likeness (QED) is 0.220. The lowest BCUT2D eigenvalue weighted by molar-refractivity contribution is -0.162. The molecular weight excluding hydrogens is 680 g/mol. The zero-order valence-electron chi connectivity index (χ0n) is 26.7. The number of aromatic nitrogens is 1. The molecule has 0 amide bonds. The van der Waals surface area contributed by atoms with Crippen LogP contribution in [0.4, 0.5) is 17.6 Å². The molecule has 1 aromatic heterocycles. The van der Waals surface area contributed by atoms with Gasteiger partial charge in [0.1, 0.15) is 23.2 Å². The summed E-state index contributed by atoms with van der Waals surface area (Å²) < 4.78 is 96.5. The van der Waals surface area contributed by atoms with Crippen LogP contribution in [0.5, 0.6) is 0 Å². The number of piperidine rings is 1. The molecule has 1 saturated heterocycles. The molecule has 5 rings (SSSR count). The van der Waals surface area contributed by atoms with Crippen molar-refractivity contribution in [2.24, 2.45) is 16.8 Å². The first-order valence-electron chi connectivity index (χ1n) is 15.4. The van der Waals surface area contributed by atoms with Crippen molar-refractivity contribution in [2.45, 2.75) is 70.3 Å². The molecule has 3 aliphatic rings. The predicted octanol–water partition coefficient (Wildman–Crippen LogP) is 5.36. The Morgan fingerprint density at radius 2 is 1.75 bits per heavy atom. The average Bonchev–Trinajstić information content (AvgIpc) is 2.98. The molecule has 2 fully saturated rings. The van der Waals surface area contributed by atoms with Crippen molar-refractivity contribution >= 4 is 39.4 Å². The van der Waals surface area contributed by atoms with Gasteiger partial charge in [0.2, 0.25) is 10.0 Å². The molecule has 260 valence electrons. The Morgan fingerprint density at radius 3 is 2.35 bits per heavy atom. The number of hydrogen-bond donors (Lipinski definition) is 1. The summed E-state index contributed by atoms with van der Waals surface area (Å²) in [5.41, 5.74) is -1.16. The van der Waals surface area contributed by atoms with Gasteiger partial charge in [0.15, 0.2) is 23.3 Å². The molecule has 1 atom stereocenters. The second kappa shape index (κ2) is 13.7. The van der Waals surface area contributed by atoms with Gasteiger partial charge in [-0.05, 0) is 59.4 Å². The van der Waals surface area contributed by atoms with E-state index in [-0.39, 0.29) is 68.0 Å².